The zero-order valence-corrected chi connectivity index (χ0v) is 20.1. The average molecular weight is 441 g/mol. The molecule has 0 amide bonds. The van der Waals surface area contributed by atoms with Gasteiger partial charge in [0.05, 0.1) is 18.8 Å². The second-order valence-corrected chi connectivity index (χ2v) is 8.36. The van der Waals surface area contributed by atoms with E-state index in [2.05, 4.69) is 26.0 Å². The van der Waals surface area contributed by atoms with E-state index >= 15 is 0 Å². The normalized spacial score (nSPS) is 11.8. The SMILES string of the molecule is CCCCCCCCOc1ccc(-c2ccc(C(=O)OC(C)COCCCC)cc2)cc1. The number of esters is 1. The molecule has 2 aromatic carbocycles. The van der Waals surface area contributed by atoms with Crippen LogP contribution in [0.3, 0.4) is 0 Å². The minimum atomic E-state index is -0.318. The fourth-order valence-corrected chi connectivity index (χ4v) is 3.40. The molecule has 0 radical (unpaired) electrons. The molecule has 0 saturated carbocycles. The standard InChI is InChI=1S/C28H40O4/c1-4-6-8-9-10-11-21-31-27-18-16-25(17-19-27)24-12-14-26(15-13-24)28(29)32-23(3)22-30-20-7-5-2/h12-19,23H,4-11,20-22H2,1-3H3. The number of hydrogen-bond acceptors (Lipinski definition) is 4. The molecule has 0 aliphatic heterocycles. The van der Waals surface area contributed by atoms with E-state index in [9.17, 15) is 4.79 Å². The first-order chi connectivity index (χ1) is 15.6. The van der Waals surface area contributed by atoms with Crippen LogP contribution in [0.4, 0.5) is 0 Å². The summed E-state index contributed by atoms with van der Waals surface area (Å²) in [4.78, 5) is 12.3. The van der Waals surface area contributed by atoms with Crippen molar-refractivity contribution in [3.8, 4) is 16.9 Å². The van der Waals surface area contributed by atoms with Crippen LogP contribution in [0.2, 0.25) is 0 Å². The molecule has 0 aromatic heterocycles. The first-order valence-corrected chi connectivity index (χ1v) is 12.3. The summed E-state index contributed by atoms with van der Waals surface area (Å²) in [5.74, 6) is 0.583. The summed E-state index contributed by atoms with van der Waals surface area (Å²) in [6, 6.07) is 15.6. The molecule has 0 heterocycles. The van der Waals surface area contributed by atoms with E-state index in [1.807, 2.05) is 43.3 Å². The summed E-state index contributed by atoms with van der Waals surface area (Å²) in [7, 11) is 0. The van der Waals surface area contributed by atoms with Crippen molar-refractivity contribution >= 4 is 5.97 Å². The number of ether oxygens (including phenoxy) is 3. The van der Waals surface area contributed by atoms with Crippen molar-refractivity contribution in [3.63, 3.8) is 0 Å². The summed E-state index contributed by atoms with van der Waals surface area (Å²) in [5.41, 5.74) is 2.70. The molecule has 0 aliphatic carbocycles. The second kappa shape index (κ2) is 15.5. The van der Waals surface area contributed by atoms with Crippen LogP contribution < -0.4 is 4.74 Å². The van der Waals surface area contributed by atoms with Gasteiger partial charge in [-0.25, -0.2) is 4.79 Å². The van der Waals surface area contributed by atoms with Crippen LogP contribution in [0.1, 0.15) is 82.5 Å². The molecule has 32 heavy (non-hydrogen) atoms. The van der Waals surface area contributed by atoms with E-state index in [0.717, 1.165) is 42.7 Å². The van der Waals surface area contributed by atoms with E-state index in [4.69, 9.17) is 14.2 Å². The molecule has 0 N–H and O–H groups in total. The topological polar surface area (TPSA) is 44.8 Å². The van der Waals surface area contributed by atoms with E-state index < -0.39 is 0 Å². The predicted molar refractivity (Wildman–Crippen MR) is 131 cm³/mol. The van der Waals surface area contributed by atoms with Gasteiger partial charge in [0, 0.05) is 6.61 Å². The van der Waals surface area contributed by atoms with E-state index in [-0.39, 0.29) is 12.1 Å². The maximum absolute atomic E-state index is 12.3. The van der Waals surface area contributed by atoms with Crippen molar-refractivity contribution in [2.45, 2.75) is 78.2 Å². The Kier molecular flexibility index (Phi) is 12.5. The van der Waals surface area contributed by atoms with Crippen molar-refractivity contribution in [2.24, 2.45) is 0 Å². The third-order valence-corrected chi connectivity index (χ3v) is 5.38. The van der Waals surface area contributed by atoms with Gasteiger partial charge in [0.2, 0.25) is 0 Å². The van der Waals surface area contributed by atoms with E-state index in [1.165, 1.54) is 32.1 Å². The molecule has 2 rings (SSSR count). The molecule has 2 aromatic rings. The fraction of sp³-hybridized carbons (Fsp3) is 0.536. The summed E-state index contributed by atoms with van der Waals surface area (Å²) in [5, 5.41) is 0. The Morgan fingerprint density at radius 2 is 1.34 bits per heavy atom. The smallest absolute Gasteiger partial charge is 0.338 e. The maximum atomic E-state index is 12.3. The Bertz CT molecular complexity index is 752. The lowest BCUT2D eigenvalue weighted by Gasteiger charge is -2.14. The van der Waals surface area contributed by atoms with Gasteiger partial charge >= 0.3 is 5.97 Å². The van der Waals surface area contributed by atoms with Crippen LogP contribution in [0, 0.1) is 0 Å². The number of unbranched alkanes of at least 4 members (excludes halogenated alkanes) is 6. The molecule has 0 fully saturated rings. The molecule has 4 nitrogen and oxygen atoms in total. The van der Waals surface area contributed by atoms with Crippen LogP contribution >= 0.6 is 0 Å². The first-order valence-electron chi connectivity index (χ1n) is 12.3. The molecule has 1 unspecified atom stereocenters. The van der Waals surface area contributed by atoms with Gasteiger partial charge in [0.25, 0.3) is 0 Å². The second-order valence-electron chi connectivity index (χ2n) is 8.36. The minimum absolute atomic E-state index is 0.261. The highest BCUT2D eigenvalue weighted by Gasteiger charge is 2.12. The summed E-state index contributed by atoms with van der Waals surface area (Å²) in [6.07, 6.45) is 9.43. The molecule has 4 heteroatoms. The average Bonchev–Trinajstić information content (AvgIpc) is 2.82. The van der Waals surface area contributed by atoms with Crippen molar-refractivity contribution in [1.29, 1.82) is 0 Å². The number of carbonyl (C=O) groups is 1. The van der Waals surface area contributed by atoms with Crippen LogP contribution in [-0.2, 0) is 9.47 Å². The van der Waals surface area contributed by atoms with E-state index in [0.29, 0.717) is 18.8 Å². The number of rotatable bonds is 16. The van der Waals surface area contributed by atoms with Crippen LogP contribution in [0.5, 0.6) is 5.75 Å². The largest absolute Gasteiger partial charge is 0.494 e. The fourth-order valence-electron chi connectivity index (χ4n) is 3.40. The lowest BCUT2D eigenvalue weighted by atomic mass is 10.0. The molecule has 1 atom stereocenters. The summed E-state index contributed by atoms with van der Waals surface area (Å²) in [6.45, 7) is 8.12. The number of benzene rings is 2. The Morgan fingerprint density at radius 3 is 2.00 bits per heavy atom. The monoisotopic (exact) mass is 440 g/mol. The molecule has 0 bridgehead atoms. The summed E-state index contributed by atoms with van der Waals surface area (Å²) < 4.78 is 16.9. The Hall–Kier alpha value is -2.33. The third kappa shape index (κ3) is 9.86. The molecular formula is C28H40O4. The van der Waals surface area contributed by atoms with Gasteiger partial charge in [-0.15, -0.1) is 0 Å². The molecule has 0 spiro atoms. The first kappa shape index (κ1) is 25.9. The van der Waals surface area contributed by atoms with Gasteiger partial charge in [-0.05, 0) is 55.2 Å². The Morgan fingerprint density at radius 1 is 0.750 bits per heavy atom. The zero-order valence-electron chi connectivity index (χ0n) is 20.1. The molecule has 176 valence electrons. The van der Waals surface area contributed by atoms with Gasteiger partial charge in [0.1, 0.15) is 11.9 Å². The van der Waals surface area contributed by atoms with Gasteiger partial charge in [0.15, 0.2) is 0 Å². The number of hydrogen-bond donors (Lipinski definition) is 0. The van der Waals surface area contributed by atoms with Gasteiger partial charge < -0.3 is 14.2 Å². The van der Waals surface area contributed by atoms with Crippen molar-refractivity contribution in [3.05, 3.63) is 54.1 Å². The predicted octanol–water partition coefficient (Wildman–Crippen LogP) is 7.45. The van der Waals surface area contributed by atoms with Gasteiger partial charge in [-0.3, -0.25) is 0 Å². The van der Waals surface area contributed by atoms with Gasteiger partial charge in [-0.2, -0.15) is 0 Å². The highest BCUT2D eigenvalue weighted by molar-refractivity contribution is 5.90. The number of carbonyl (C=O) groups excluding carboxylic acids is 1. The third-order valence-electron chi connectivity index (χ3n) is 5.38. The minimum Gasteiger partial charge on any atom is -0.494 e. The highest BCUT2D eigenvalue weighted by Crippen LogP contribution is 2.23. The molecule has 0 saturated heterocycles. The van der Waals surface area contributed by atoms with Crippen molar-refractivity contribution in [1.82, 2.24) is 0 Å². The highest BCUT2D eigenvalue weighted by atomic mass is 16.6. The van der Waals surface area contributed by atoms with Crippen molar-refractivity contribution in [2.75, 3.05) is 19.8 Å². The lowest BCUT2D eigenvalue weighted by Crippen LogP contribution is -2.20. The van der Waals surface area contributed by atoms with Crippen LogP contribution in [0.25, 0.3) is 11.1 Å². The maximum Gasteiger partial charge on any atom is 0.338 e. The van der Waals surface area contributed by atoms with Crippen molar-refractivity contribution < 1.29 is 19.0 Å². The lowest BCUT2D eigenvalue weighted by molar-refractivity contribution is 0.00169. The van der Waals surface area contributed by atoms with Crippen LogP contribution in [-0.4, -0.2) is 31.9 Å². The van der Waals surface area contributed by atoms with Gasteiger partial charge in [-0.1, -0.05) is 76.6 Å². The van der Waals surface area contributed by atoms with E-state index in [1.54, 1.807) is 0 Å². The van der Waals surface area contributed by atoms with Crippen LogP contribution in [0.15, 0.2) is 48.5 Å². The summed E-state index contributed by atoms with van der Waals surface area (Å²) >= 11 is 0. The molecular weight excluding hydrogens is 400 g/mol. The zero-order chi connectivity index (χ0) is 23.0. The quantitative estimate of drug-likeness (QED) is 0.201. The Balaban J connectivity index is 1.76. The molecule has 0 aliphatic rings. The Labute approximate surface area is 194 Å².